The van der Waals surface area contributed by atoms with E-state index in [0.29, 0.717) is 11.6 Å². The molecule has 0 fully saturated rings. The molecule has 2 nitrogen and oxygen atoms in total. The molecule has 0 aliphatic carbocycles. The summed E-state index contributed by atoms with van der Waals surface area (Å²) >= 11 is 1.73. The fourth-order valence-electron chi connectivity index (χ4n) is 1.63. The van der Waals surface area contributed by atoms with Crippen LogP contribution in [0.4, 0.5) is 5.69 Å². The van der Waals surface area contributed by atoms with E-state index in [2.05, 4.69) is 43.1 Å². The number of hydrogen-bond donors (Lipinski definition) is 1. The van der Waals surface area contributed by atoms with Crippen LogP contribution in [-0.2, 0) is 5.75 Å². The van der Waals surface area contributed by atoms with Gasteiger partial charge in [-0.15, -0.1) is 11.8 Å². The van der Waals surface area contributed by atoms with Crippen LogP contribution in [0.25, 0.3) is 0 Å². The highest BCUT2D eigenvalue weighted by Gasteiger charge is 2.00. The minimum atomic E-state index is 0.588. The predicted molar refractivity (Wildman–Crippen MR) is 78.7 cm³/mol. The van der Waals surface area contributed by atoms with E-state index < -0.39 is 0 Å². The zero-order chi connectivity index (χ0) is 13.0. The van der Waals surface area contributed by atoms with Gasteiger partial charge in [0.1, 0.15) is 0 Å². The SMILES string of the molecule is CC(C)c1ccc(CSc2ccc(N)cn2)cc1. The van der Waals surface area contributed by atoms with Gasteiger partial charge < -0.3 is 5.73 Å². The van der Waals surface area contributed by atoms with Crippen LogP contribution in [0, 0.1) is 0 Å². The lowest BCUT2D eigenvalue weighted by Crippen LogP contribution is -1.89. The van der Waals surface area contributed by atoms with Gasteiger partial charge in [-0.3, -0.25) is 0 Å². The van der Waals surface area contributed by atoms with Crippen LogP contribution < -0.4 is 5.73 Å². The standard InChI is InChI=1S/C15H18N2S/c1-11(2)13-5-3-12(4-6-13)10-18-15-8-7-14(16)9-17-15/h3-9,11H,10,16H2,1-2H3. The molecule has 2 N–H and O–H groups in total. The number of nitrogen functional groups attached to an aromatic ring is 1. The number of rotatable bonds is 4. The smallest absolute Gasteiger partial charge is 0.0964 e. The summed E-state index contributed by atoms with van der Waals surface area (Å²) < 4.78 is 0. The van der Waals surface area contributed by atoms with Crippen molar-refractivity contribution in [2.75, 3.05) is 5.73 Å². The molecule has 0 radical (unpaired) electrons. The second-order valence-corrected chi connectivity index (χ2v) is 5.61. The van der Waals surface area contributed by atoms with Crippen LogP contribution in [0.2, 0.25) is 0 Å². The molecule has 94 valence electrons. The molecule has 0 spiro atoms. The third-order valence-electron chi connectivity index (χ3n) is 2.79. The van der Waals surface area contributed by atoms with E-state index in [0.717, 1.165) is 10.8 Å². The number of anilines is 1. The molecule has 0 unspecified atom stereocenters. The van der Waals surface area contributed by atoms with Gasteiger partial charge in [0.05, 0.1) is 16.9 Å². The Morgan fingerprint density at radius 3 is 2.39 bits per heavy atom. The first-order valence-corrected chi connectivity index (χ1v) is 7.07. The molecule has 0 bridgehead atoms. The summed E-state index contributed by atoms with van der Waals surface area (Å²) in [6, 6.07) is 12.6. The van der Waals surface area contributed by atoms with Gasteiger partial charge in [-0.25, -0.2) is 4.98 Å². The van der Waals surface area contributed by atoms with E-state index >= 15 is 0 Å². The highest BCUT2D eigenvalue weighted by atomic mass is 32.2. The summed E-state index contributed by atoms with van der Waals surface area (Å²) in [6.07, 6.45) is 1.70. The minimum absolute atomic E-state index is 0.588. The third-order valence-corrected chi connectivity index (χ3v) is 3.81. The van der Waals surface area contributed by atoms with Crippen molar-refractivity contribution in [1.29, 1.82) is 0 Å². The van der Waals surface area contributed by atoms with Crippen molar-refractivity contribution >= 4 is 17.4 Å². The first-order valence-electron chi connectivity index (χ1n) is 6.08. The third kappa shape index (κ3) is 3.50. The zero-order valence-electron chi connectivity index (χ0n) is 10.8. The van der Waals surface area contributed by atoms with Gasteiger partial charge in [0, 0.05) is 5.75 Å². The first kappa shape index (κ1) is 13.0. The summed E-state index contributed by atoms with van der Waals surface area (Å²) in [5.74, 6) is 1.53. The van der Waals surface area contributed by atoms with Gasteiger partial charge in [-0.1, -0.05) is 38.1 Å². The maximum atomic E-state index is 5.61. The molecule has 2 rings (SSSR count). The number of pyridine rings is 1. The predicted octanol–water partition coefficient (Wildman–Crippen LogP) is 4.08. The van der Waals surface area contributed by atoms with Gasteiger partial charge in [0.15, 0.2) is 0 Å². The maximum Gasteiger partial charge on any atom is 0.0964 e. The first-order chi connectivity index (χ1) is 8.65. The molecule has 0 saturated heterocycles. The molecule has 0 atom stereocenters. The number of hydrogen-bond acceptors (Lipinski definition) is 3. The van der Waals surface area contributed by atoms with E-state index in [1.165, 1.54) is 11.1 Å². The van der Waals surface area contributed by atoms with E-state index in [9.17, 15) is 0 Å². The van der Waals surface area contributed by atoms with Gasteiger partial charge in [0.2, 0.25) is 0 Å². The zero-order valence-corrected chi connectivity index (χ0v) is 11.6. The van der Waals surface area contributed by atoms with Crippen LogP contribution >= 0.6 is 11.8 Å². The summed E-state index contributed by atoms with van der Waals surface area (Å²) in [7, 11) is 0. The Morgan fingerprint density at radius 1 is 1.11 bits per heavy atom. The number of aromatic nitrogens is 1. The van der Waals surface area contributed by atoms with Crippen LogP contribution in [0.5, 0.6) is 0 Å². The molecule has 0 amide bonds. The Morgan fingerprint density at radius 2 is 1.83 bits per heavy atom. The van der Waals surface area contributed by atoms with Crippen molar-refractivity contribution in [1.82, 2.24) is 4.98 Å². The van der Waals surface area contributed by atoms with Crippen molar-refractivity contribution in [2.45, 2.75) is 30.5 Å². The number of thioether (sulfide) groups is 1. The molecular weight excluding hydrogens is 240 g/mol. The van der Waals surface area contributed by atoms with Crippen LogP contribution in [0.1, 0.15) is 30.9 Å². The number of nitrogens with two attached hydrogens (primary N) is 1. The quantitative estimate of drug-likeness (QED) is 0.840. The summed E-state index contributed by atoms with van der Waals surface area (Å²) in [5, 5.41) is 1.01. The molecule has 1 aromatic heterocycles. The largest absolute Gasteiger partial charge is 0.397 e. The summed E-state index contributed by atoms with van der Waals surface area (Å²) in [4.78, 5) is 4.28. The second-order valence-electron chi connectivity index (χ2n) is 4.61. The van der Waals surface area contributed by atoms with E-state index in [4.69, 9.17) is 5.73 Å². The van der Waals surface area contributed by atoms with Crippen LogP contribution in [0.3, 0.4) is 0 Å². The second kappa shape index (κ2) is 5.91. The van der Waals surface area contributed by atoms with E-state index in [1.807, 2.05) is 12.1 Å². The average Bonchev–Trinajstić information content (AvgIpc) is 2.38. The molecule has 0 aliphatic heterocycles. The monoisotopic (exact) mass is 258 g/mol. The Labute approximate surface area is 113 Å². The van der Waals surface area contributed by atoms with Gasteiger partial charge in [-0.2, -0.15) is 0 Å². The van der Waals surface area contributed by atoms with Crippen molar-refractivity contribution < 1.29 is 0 Å². The highest BCUT2D eigenvalue weighted by Crippen LogP contribution is 2.22. The van der Waals surface area contributed by atoms with Gasteiger partial charge in [0.25, 0.3) is 0 Å². The topological polar surface area (TPSA) is 38.9 Å². The fourth-order valence-corrected chi connectivity index (χ4v) is 2.43. The Hall–Kier alpha value is -1.48. The maximum absolute atomic E-state index is 5.61. The molecule has 3 heteroatoms. The lowest BCUT2D eigenvalue weighted by atomic mass is 10.0. The Balaban J connectivity index is 1.95. The highest BCUT2D eigenvalue weighted by molar-refractivity contribution is 7.98. The van der Waals surface area contributed by atoms with Crippen molar-refractivity contribution in [2.24, 2.45) is 0 Å². The molecule has 1 heterocycles. The fraction of sp³-hybridized carbons (Fsp3) is 0.267. The Kier molecular flexibility index (Phi) is 4.26. The van der Waals surface area contributed by atoms with Gasteiger partial charge in [-0.05, 0) is 29.2 Å². The van der Waals surface area contributed by atoms with E-state index in [-0.39, 0.29) is 0 Å². The van der Waals surface area contributed by atoms with Crippen molar-refractivity contribution in [3.63, 3.8) is 0 Å². The average molecular weight is 258 g/mol. The normalized spacial score (nSPS) is 10.8. The lowest BCUT2D eigenvalue weighted by Gasteiger charge is -2.06. The minimum Gasteiger partial charge on any atom is -0.397 e. The molecule has 18 heavy (non-hydrogen) atoms. The lowest BCUT2D eigenvalue weighted by molar-refractivity contribution is 0.866. The number of nitrogens with zero attached hydrogens (tertiary/aromatic N) is 1. The van der Waals surface area contributed by atoms with Crippen LogP contribution in [0.15, 0.2) is 47.6 Å². The van der Waals surface area contributed by atoms with Crippen LogP contribution in [-0.4, -0.2) is 4.98 Å². The number of benzene rings is 1. The van der Waals surface area contributed by atoms with Gasteiger partial charge >= 0.3 is 0 Å². The molecule has 0 aliphatic rings. The molecule has 1 aromatic carbocycles. The molecule has 2 aromatic rings. The van der Waals surface area contributed by atoms with Crippen molar-refractivity contribution in [3.05, 3.63) is 53.7 Å². The molecular formula is C15H18N2S. The Bertz CT molecular complexity index is 489. The van der Waals surface area contributed by atoms with Crippen molar-refractivity contribution in [3.8, 4) is 0 Å². The van der Waals surface area contributed by atoms with E-state index in [1.54, 1.807) is 18.0 Å². The summed E-state index contributed by atoms with van der Waals surface area (Å²) in [6.45, 7) is 4.42. The summed E-state index contributed by atoms with van der Waals surface area (Å²) in [5.41, 5.74) is 9.02. The molecule has 0 saturated carbocycles.